The smallest absolute Gasteiger partial charge is 0.231 e. The van der Waals surface area contributed by atoms with Crippen molar-refractivity contribution in [3.8, 4) is 0 Å². The van der Waals surface area contributed by atoms with Crippen molar-refractivity contribution in [3.63, 3.8) is 0 Å². The average Bonchev–Trinajstić information content (AvgIpc) is 2.89. The van der Waals surface area contributed by atoms with E-state index in [-0.39, 0.29) is 0 Å². The first-order valence-electron chi connectivity index (χ1n) is 7.04. The van der Waals surface area contributed by atoms with E-state index in [1.54, 1.807) is 0 Å². The second-order valence-electron chi connectivity index (χ2n) is 5.59. The number of rotatable bonds is 5. The number of hydrogen-bond donors (Lipinski definition) is 1. The largest absolute Gasteiger partial charge is 0.368 e. The molecule has 0 spiro atoms. The van der Waals surface area contributed by atoms with E-state index in [2.05, 4.69) is 38.6 Å². The first-order valence-corrected chi connectivity index (χ1v) is 7.04. The average molecular weight is 264 g/mol. The maximum atomic E-state index is 5.81. The summed E-state index contributed by atoms with van der Waals surface area (Å²) in [7, 11) is 2.00. The zero-order valence-electron chi connectivity index (χ0n) is 12.1. The molecule has 1 aliphatic heterocycles. The second kappa shape index (κ2) is 6.04. The summed E-state index contributed by atoms with van der Waals surface area (Å²) in [6, 6.07) is 0. The lowest BCUT2D eigenvalue weighted by atomic mass is 10.1. The van der Waals surface area contributed by atoms with Crippen molar-refractivity contribution in [2.24, 2.45) is 5.92 Å². The molecule has 2 heterocycles. The molecular formula is C13H24N6. The van der Waals surface area contributed by atoms with Gasteiger partial charge in [-0.1, -0.05) is 13.8 Å². The minimum absolute atomic E-state index is 0.309. The Labute approximate surface area is 115 Å². The van der Waals surface area contributed by atoms with Gasteiger partial charge in [-0.05, 0) is 25.2 Å². The van der Waals surface area contributed by atoms with Crippen LogP contribution in [0.4, 0.5) is 17.8 Å². The first kappa shape index (κ1) is 13.8. The number of nitrogens with two attached hydrogens (primary N) is 1. The molecule has 6 heteroatoms. The van der Waals surface area contributed by atoms with Gasteiger partial charge in [0.25, 0.3) is 0 Å². The zero-order chi connectivity index (χ0) is 13.8. The molecule has 0 bridgehead atoms. The molecule has 0 atom stereocenters. The summed E-state index contributed by atoms with van der Waals surface area (Å²) >= 11 is 0. The minimum atomic E-state index is 0.309. The van der Waals surface area contributed by atoms with Gasteiger partial charge in [0.05, 0.1) is 0 Å². The molecule has 0 aliphatic carbocycles. The molecule has 6 nitrogen and oxygen atoms in total. The van der Waals surface area contributed by atoms with Crippen molar-refractivity contribution in [3.05, 3.63) is 0 Å². The maximum absolute atomic E-state index is 5.81. The Balaban J connectivity index is 2.11. The Bertz CT molecular complexity index is 414. The number of nitrogens with zero attached hydrogens (tertiary/aromatic N) is 5. The third-order valence-corrected chi connectivity index (χ3v) is 3.40. The summed E-state index contributed by atoms with van der Waals surface area (Å²) in [4.78, 5) is 17.3. The molecule has 1 fully saturated rings. The van der Waals surface area contributed by atoms with E-state index in [0.717, 1.165) is 32.0 Å². The van der Waals surface area contributed by atoms with Crippen molar-refractivity contribution in [1.82, 2.24) is 15.0 Å². The van der Waals surface area contributed by atoms with Crippen LogP contribution in [-0.2, 0) is 0 Å². The standard InChI is InChI=1S/C13H24N6/c1-10(2)6-9-18(3)12-15-11(14)16-13(17-12)19-7-4-5-8-19/h10H,4-9H2,1-3H3,(H2,14,15,16,17). The highest BCUT2D eigenvalue weighted by atomic mass is 15.3. The summed E-state index contributed by atoms with van der Waals surface area (Å²) < 4.78 is 0. The molecule has 19 heavy (non-hydrogen) atoms. The molecule has 106 valence electrons. The third-order valence-electron chi connectivity index (χ3n) is 3.40. The van der Waals surface area contributed by atoms with Crippen LogP contribution in [0, 0.1) is 5.92 Å². The molecule has 1 aromatic heterocycles. The molecule has 0 saturated carbocycles. The SMILES string of the molecule is CC(C)CCN(C)c1nc(N)nc(N2CCCC2)n1. The van der Waals surface area contributed by atoms with Gasteiger partial charge in [-0.15, -0.1) is 0 Å². The summed E-state index contributed by atoms with van der Waals surface area (Å²) in [5, 5.41) is 0. The Morgan fingerprint density at radius 1 is 1.21 bits per heavy atom. The molecule has 1 aromatic rings. The van der Waals surface area contributed by atoms with E-state index in [4.69, 9.17) is 5.73 Å². The van der Waals surface area contributed by atoms with Gasteiger partial charge in [-0.25, -0.2) is 0 Å². The Kier molecular flexibility index (Phi) is 4.39. The number of anilines is 3. The lowest BCUT2D eigenvalue weighted by Gasteiger charge is -2.21. The van der Waals surface area contributed by atoms with Crippen molar-refractivity contribution in [2.45, 2.75) is 33.1 Å². The molecule has 1 saturated heterocycles. The normalized spacial score (nSPS) is 15.3. The van der Waals surface area contributed by atoms with E-state index in [1.807, 2.05) is 7.05 Å². The van der Waals surface area contributed by atoms with E-state index in [0.29, 0.717) is 17.8 Å². The fourth-order valence-corrected chi connectivity index (χ4v) is 2.15. The predicted octanol–water partition coefficient (Wildman–Crippen LogP) is 1.54. The molecular weight excluding hydrogens is 240 g/mol. The highest BCUT2D eigenvalue weighted by Crippen LogP contribution is 2.19. The molecule has 1 aliphatic rings. The van der Waals surface area contributed by atoms with Crippen LogP contribution in [0.5, 0.6) is 0 Å². The fourth-order valence-electron chi connectivity index (χ4n) is 2.15. The van der Waals surface area contributed by atoms with Crippen LogP contribution in [0.25, 0.3) is 0 Å². The molecule has 0 unspecified atom stereocenters. The van der Waals surface area contributed by atoms with Crippen LogP contribution in [0.1, 0.15) is 33.1 Å². The molecule has 0 aromatic carbocycles. The highest BCUT2D eigenvalue weighted by Gasteiger charge is 2.17. The van der Waals surface area contributed by atoms with Gasteiger partial charge in [-0.2, -0.15) is 15.0 Å². The maximum Gasteiger partial charge on any atom is 0.231 e. The van der Waals surface area contributed by atoms with Gasteiger partial charge in [0.2, 0.25) is 17.8 Å². The second-order valence-corrected chi connectivity index (χ2v) is 5.59. The zero-order valence-corrected chi connectivity index (χ0v) is 12.1. The Morgan fingerprint density at radius 2 is 1.89 bits per heavy atom. The van der Waals surface area contributed by atoms with Gasteiger partial charge in [0.15, 0.2) is 0 Å². The highest BCUT2D eigenvalue weighted by molar-refractivity contribution is 5.43. The molecule has 0 radical (unpaired) electrons. The minimum Gasteiger partial charge on any atom is -0.368 e. The van der Waals surface area contributed by atoms with Crippen LogP contribution < -0.4 is 15.5 Å². The molecule has 2 N–H and O–H groups in total. The summed E-state index contributed by atoms with van der Waals surface area (Å²) in [5.41, 5.74) is 5.81. The van der Waals surface area contributed by atoms with Gasteiger partial charge in [0.1, 0.15) is 0 Å². The monoisotopic (exact) mass is 264 g/mol. The van der Waals surface area contributed by atoms with Crippen LogP contribution >= 0.6 is 0 Å². The van der Waals surface area contributed by atoms with Crippen LogP contribution in [0.3, 0.4) is 0 Å². The van der Waals surface area contributed by atoms with Gasteiger partial charge < -0.3 is 15.5 Å². The van der Waals surface area contributed by atoms with Gasteiger partial charge in [-0.3, -0.25) is 0 Å². The number of nitrogen functional groups attached to an aromatic ring is 1. The predicted molar refractivity (Wildman–Crippen MR) is 78.4 cm³/mol. The molecule has 0 amide bonds. The first-order chi connectivity index (χ1) is 9.06. The summed E-state index contributed by atoms with van der Waals surface area (Å²) in [6.45, 7) is 7.38. The van der Waals surface area contributed by atoms with Crippen molar-refractivity contribution in [1.29, 1.82) is 0 Å². The van der Waals surface area contributed by atoms with E-state index in [1.165, 1.54) is 12.8 Å². The van der Waals surface area contributed by atoms with E-state index >= 15 is 0 Å². The summed E-state index contributed by atoms with van der Waals surface area (Å²) in [5.74, 6) is 2.37. The molecule has 2 rings (SSSR count). The van der Waals surface area contributed by atoms with E-state index in [9.17, 15) is 0 Å². The fraction of sp³-hybridized carbons (Fsp3) is 0.769. The van der Waals surface area contributed by atoms with E-state index < -0.39 is 0 Å². The topological polar surface area (TPSA) is 71.2 Å². The third kappa shape index (κ3) is 3.68. The van der Waals surface area contributed by atoms with Crippen molar-refractivity contribution < 1.29 is 0 Å². The number of hydrogen-bond acceptors (Lipinski definition) is 6. The lowest BCUT2D eigenvalue weighted by Crippen LogP contribution is -2.26. The van der Waals surface area contributed by atoms with Crippen LogP contribution in [0.2, 0.25) is 0 Å². The van der Waals surface area contributed by atoms with Crippen molar-refractivity contribution >= 4 is 17.8 Å². The van der Waals surface area contributed by atoms with Gasteiger partial charge in [0, 0.05) is 26.7 Å². The lowest BCUT2D eigenvalue weighted by molar-refractivity contribution is 0.581. The van der Waals surface area contributed by atoms with Crippen LogP contribution in [-0.4, -0.2) is 41.6 Å². The Hall–Kier alpha value is -1.59. The van der Waals surface area contributed by atoms with Gasteiger partial charge >= 0.3 is 0 Å². The van der Waals surface area contributed by atoms with Crippen LogP contribution in [0.15, 0.2) is 0 Å². The Morgan fingerprint density at radius 3 is 2.53 bits per heavy atom. The summed E-state index contributed by atoms with van der Waals surface area (Å²) in [6.07, 6.45) is 3.51. The quantitative estimate of drug-likeness (QED) is 0.869. The van der Waals surface area contributed by atoms with Crippen molar-refractivity contribution in [2.75, 3.05) is 42.2 Å². The number of aromatic nitrogens is 3.